The number of rotatable bonds is 8. The molecule has 4 saturated carbocycles. The molecule has 19 nitrogen and oxygen atoms in total. The Morgan fingerprint density at radius 1 is 0.863 bits per heavy atom. The molecule has 4 aliphatic carbocycles. The number of nitrogen functional groups attached to an aromatic ring is 2. The largest absolute Gasteiger partial charge is 0.390 e. The Balaban J connectivity index is 0.000000150. The first-order valence-corrected chi connectivity index (χ1v) is 20.8. The topological polar surface area (TPSA) is 282 Å². The standard InChI is InChI=1S/C18H26N5O4P.C12H16N5O5P/c1-5-25-28(4,24)7-18-6-10(18)12(13-14(18)27-17(2,3)26-13)23-9-22-11-15(19)20-8-21-16(11)23;13-10-6-11(15-3-14-10)17(4-16-6)7-5-1-12(5,2-23(20,21)22)9(19)8(7)18/h8-10,12-14H,5-7H2,1-4H3,(H2,19,20,21);3-5,7-9,18-19H,1-2H2,(H2,13,14,15)(H2,20,21,22)/t10-,12-,13+,14+,18-,28?;5-,7-,8+,9+,12-/m11/s1. The van der Waals surface area contributed by atoms with Gasteiger partial charge in [0, 0.05) is 23.7 Å². The Morgan fingerprint density at radius 3 is 1.98 bits per heavy atom. The van der Waals surface area contributed by atoms with Gasteiger partial charge in [0.15, 0.2) is 28.7 Å². The van der Waals surface area contributed by atoms with E-state index in [4.69, 9.17) is 25.5 Å². The molecular weight excluding hydrogens is 706 g/mol. The van der Waals surface area contributed by atoms with Gasteiger partial charge in [0.05, 0.1) is 49.7 Å². The van der Waals surface area contributed by atoms with Crippen LogP contribution in [0.3, 0.4) is 0 Å². The summed E-state index contributed by atoms with van der Waals surface area (Å²) < 4.78 is 46.3. The van der Waals surface area contributed by atoms with E-state index in [-0.39, 0.29) is 41.3 Å². The number of hydrogen-bond donors (Lipinski definition) is 6. The first kappa shape index (κ1) is 34.9. The highest BCUT2D eigenvalue weighted by atomic mass is 31.2. The third-order valence-electron chi connectivity index (χ3n) is 11.4. The number of aromatic nitrogens is 8. The van der Waals surface area contributed by atoms with Crippen LogP contribution in [0.25, 0.3) is 22.3 Å². The molecule has 8 N–H and O–H groups in total. The molecule has 1 saturated heterocycles. The Labute approximate surface area is 291 Å². The van der Waals surface area contributed by atoms with Crippen LogP contribution in [-0.2, 0) is 23.1 Å². The molecule has 5 aliphatic rings. The van der Waals surface area contributed by atoms with Gasteiger partial charge >= 0.3 is 7.60 Å². The predicted octanol–water partition coefficient (Wildman–Crippen LogP) is 1.30. The van der Waals surface area contributed by atoms with Gasteiger partial charge in [-0.15, -0.1) is 0 Å². The second kappa shape index (κ2) is 11.4. The lowest BCUT2D eigenvalue weighted by Crippen LogP contribution is -2.35. The van der Waals surface area contributed by atoms with E-state index >= 15 is 0 Å². The molecule has 276 valence electrons. The molecule has 4 aromatic rings. The summed E-state index contributed by atoms with van der Waals surface area (Å²) in [5.74, 6) is -0.116. The lowest BCUT2D eigenvalue weighted by molar-refractivity contribution is -0.160. The van der Waals surface area contributed by atoms with Crippen LogP contribution in [0.4, 0.5) is 11.6 Å². The molecule has 5 heterocycles. The van der Waals surface area contributed by atoms with E-state index < -0.39 is 50.6 Å². The summed E-state index contributed by atoms with van der Waals surface area (Å²) in [5.41, 5.74) is 12.6. The molecule has 0 bridgehead atoms. The number of nitrogens with two attached hydrogens (primary N) is 2. The van der Waals surface area contributed by atoms with Crippen LogP contribution >= 0.6 is 15.0 Å². The summed E-state index contributed by atoms with van der Waals surface area (Å²) in [6.07, 6.45) is 4.70. The molecule has 1 aliphatic heterocycles. The second-order valence-corrected chi connectivity index (χ2v) is 19.4. The van der Waals surface area contributed by atoms with Crippen LogP contribution < -0.4 is 11.5 Å². The van der Waals surface area contributed by atoms with Gasteiger partial charge in [0.2, 0.25) is 7.37 Å². The molecular formula is C30H42N10O9P2. The lowest BCUT2D eigenvalue weighted by Gasteiger charge is -2.25. The van der Waals surface area contributed by atoms with Gasteiger partial charge in [-0.3, -0.25) is 9.13 Å². The van der Waals surface area contributed by atoms with Gasteiger partial charge in [0.1, 0.15) is 35.9 Å². The van der Waals surface area contributed by atoms with E-state index in [0.717, 1.165) is 6.42 Å². The average Bonchev–Trinajstić information content (AvgIpc) is 3.54. The van der Waals surface area contributed by atoms with Crippen LogP contribution in [0.2, 0.25) is 0 Å². The molecule has 4 aromatic heterocycles. The Bertz CT molecular complexity index is 2130. The molecule has 0 spiro atoms. The number of ether oxygens (including phenoxy) is 2. The van der Waals surface area contributed by atoms with E-state index in [1.54, 1.807) is 17.6 Å². The van der Waals surface area contributed by atoms with Crippen LogP contribution in [0.15, 0.2) is 25.3 Å². The zero-order chi connectivity index (χ0) is 36.5. The van der Waals surface area contributed by atoms with Crippen molar-refractivity contribution in [3.63, 3.8) is 0 Å². The number of hydrogen-bond acceptors (Lipinski definition) is 15. The molecule has 1 unspecified atom stereocenters. The van der Waals surface area contributed by atoms with Crippen molar-refractivity contribution >= 4 is 48.9 Å². The van der Waals surface area contributed by atoms with Crippen molar-refractivity contribution in [2.75, 3.05) is 37.1 Å². The smallest absolute Gasteiger partial charge is 0.326 e. The Kier molecular flexibility index (Phi) is 7.84. The molecule has 0 amide bonds. The lowest BCUT2D eigenvalue weighted by atomic mass is 10.0. The van der Waals surface area contributed by atoms with Crippen LogP contribution in [-0.4, -0.2) is 115 Å². The van der Waals surface area contributed by atoms with Crippen molar-refractivity contribution in [2.45, 2.75) is 75.9 Å². The van der Waals surface area contributed by atoms with Crippen LogP contribution in [0, 0.1) is 22.7 Å². The predicted molar refractivity (Wildman–Crippen MR) is 181 cm³/mol. The highest BCUT2D eigenvalue weighted by Crippen LogP contribution is 2.75. The summed E-state index contributed by atoms with van der Waals surface area (Å²) in [6, 6.07) is -0.566. The van der Waals surface area contributed by atoms with Crippen molar-refractivity contribution in [3.8, 4) is 0 Å². The van der Waals surface area contributed by atoms with Gasteiger partial charge in [-0.2, -0.15) is 0 Å². The minimum atomic E-state index is -4.30. The van der Waals surface area contributed by atoms with E-state index in [1.807, 2.05) is 25.3 Å². The first-order valence-electron chi connectivity index (χ1n) is 16.8. The summed E-state index contributed by atoms with van der Waals surface area (Å²) in [7, 11) is -7.03. The normalized spacial score (nSPS) is 37.0. The van der Waals surface area contributed by atoms with Crippen molar-refractivity contribution < 1.29 is 43.1 Å². The molecule has 51 heavy (non-hydrogen) atoms. The molecule has 0 aromatic carbocycles. The fraction of sp³-hybridized carbons (Fsp3) is 0.667. The van der Waals surface area contributed by atoms with E-state index in [2.05, 4.69) is 29.9 Å². The van der Waals surface area contributed by atoms with E-state index in [9.17, 15) is 29.1 Å². The quantitative estimate of drug-likeness (QED) is 0.138. The van der Waals surface area contributed by atoms with Gasteiger partial charge in [-0.05, 0) is 45.4 Å². The zero-order valence-corrected chi connectivity index (χ0v) is 30.2. The maximum absolute atomic E-state index is 13.0. The molecule has 9 rings (SSSR count). The third kappa shape index (κ3) is 5.51. The summed E-state index contributed by atoms with van der Waals surface area (Å²) >= 11 is 0. The summed E-state index contributed by atoms with van der Waals surface area (Å²) in [5, 5.41) is 20.7. The number of imidazole rings is 2. The first-order chi connectivity index (χ1) is 23.9. The summed E-state index contributed by atoms with van der Waals surface area (Å²) in [6.45, 7) is 7.89. The fourth-order valence-electron chi connectivity index (χ4n) is 9.44. The maximum atomic E-state index is 13.0. The zero-order valence-electron chi connectivity index (χ0n) is 28.4. The van der Waals surface area contributed by atoms with Crippen LogP contribution in [0.5, 0.6) is 0 Å². The van der Waals surface area contributed by atoms with Crippen molar-refractivity contribution in [1.29, 1.82) is 0 Å². The minimum absolute atomic E-state index is 0.00676. The third-order valence-corrected chi connectivity index (χ3v) is 14.3. The van der Waals surface area contributed by atoms with Gasteiger partial charge < -0.3 is 54.6 Å². The molecule has 0 radical (unpaired) electrons. The summed E-state index contributed by atoms with van der Waals surface area (Å²) in [4.78, 5) is 43.5. The molecule has 11 atom stereocenters. The maximum Gasteiger partial charge on any atom is 0.326 e. The van der Waals surface area contributed by atoms with E-state index in [1.165, 1.54) is 19.0 Å². The monoisotopic (exact) mass is 748 g/mol. The molecule has 21 heteroatoms. The number of aliphatic hydroxyl groups excluding tert-OH is 2. The van der Waals surface area contributed by atoms with Crippen molar-refractivity contribution in [2.24, 2.45) is 22.7 Å². The second-order valence-electron chi connectivity index (χ2n) is 15.1. The van der Waals surface area contributed by atoms with Gasteiger partial charge in [0.25, 0.3) is 0 Å². The van der Waals surface area contributed by atoms with Crippen molar-refractivity contribution in [1.82, 2.24) is 39.0 Å². The highest BCUT2D eigenvalue weighted by molar-refractivity contribution is 7.58. The Hall–Kier alpha value is -3.12. The number of aliphatic hydroxyl groups is 2. The molecule has 5 fully saturated rings. The highest BCUT2D eigenvalue weighted by Gasteiger charge is 2.77. The SMILES string of the molecule is CCOP(C)(=O)C[C@]12C[C@@H]1[C@@H](n1cnc3c(N)ncnc31)[C@@H]1OC(C)(C)O[C@@H]12.Nc1ncnc2c1ncn2[C@H]1[C@H](O)[C@H](O)[C@@]2(CP(=O)(O)O)C[C@H]12. The fourth-order valence-corrected chi connectivity index (χ4v) is 13.0. The van der Waals surface area contributed by atoms with Gasteiger partial charge in [-0.25, -0.2) is 29.9 Å². The number of fused-ring (bicyclic) bond motifs is 6. The number of anilines is 2. The van der Waals surface area contributed by atoms with E-state index in [0.29, 0.717) is 47.3 Å². The van der Waals surface area contributed by atoms with Crippen molar-refractivity contribution in [3.05, 3.63) is 25.3 Å². The minimum Gasteiger partial charge on any atom is -0.390 e. The van der Waals surface area contributed by atoms with Gasteiger partial charge in [-0.1, -0.05) is 0 Å². The average molecular weight is 749 g/mol. The number of nitrogens with zero attached hydrogens (tertiary/aromatic N) is 8. The Morgan fingerprint density at radius 2 is 1.41 bits per heavy atom. The van der Waals surface area contributed by atoms with Crippen LogP contribution in [0.1, 0.15) is 45.7 Å².